The first kappa shape index (κ1) is 25.9. The lowest BCUT2D eigenvalue weighted by Gasteiger charge is -2.47. The van der Waals surface area contributed by atoms with E-state index in [1.165, 1.54) is 6.42 Å². The van der Waals surface area contributed by atoms with Crippen molar-refractivity contribution in [3.63, 3.8) is 0 Å². The molecule has 0 aliphatic heterocycles. The zero-order valence-electron chi connectivity index (χ0n) is 20.1. The van der Waals surface area contributed by atoms with Gasteiger partial charge in [0, 0.05) is 11.8 Å². The van der Waals surface area contributed by atoms with Gasteiger partial charge in [-0.15, -0.1) is 0 Å². The van der Waals surface area contributed by atoms with Crippen molar-refractivity contribution in [2.45, 2.75) is 143 Å². The fourth-order valence-electron chi connectivity index (χ4n) is 4.71. The van der Waals surface area contributed by atoms with Crippen LogP contribution in [0.25, 0.3) is 0 Å². The van der Waals surface area contributed by atoms with Gasteiger partial charge in [-0.1, -0.05) is 74.7 Å². The molecule has 1 fully saturated rings. The van der Waals surface area contributed by atoms with Gasteiger partial charge in [0.2, 0.25) is 5.79 Å². The van der Waals surface area contributed by atoms with Gasteiger partial charge < -0.3 is 0 Å². The van der Waals surface area contributed by atoms with Gasteiger partial charge in [0.1, 0.15) is 11.2 Å². The average Bonchev–Trinajstić information content (AvgIpc) is 2.71. The molecule has 2 atom stereocenters. The van der Waals surface area contributed by atoms with Crippen molar-refractivity contribution >= 4 is 0 Å². The quantitative estimate of drug-likeness (QED) is 0.170. The monoisotopic (exact) mass is 400 g/mol. The normalized spacial score (nSPS) is 23.1. The molecule has 0 N–H and O–H groups in total. The van der Waals surface area contributed by atoms with Gasteiger partial charge in [-0.25, -0.2) is 9.78 Å². The molecule has 1 rings (SSSR count). The minimum Gasteiger partial charge on any atom is -0.227 e. The molecule has 0 bridgehead atoms. The topological polar surface area (TPSA) is 36.9 Å². The average molecular weight is 401 g/mol. The lowest BCUT2D eigenvalue weighted by atomic mass is 9.77. The van der Waals surface area contributed by atoms with Gasteiger partial charge in [0.15, 0.2) is 0 Å². The van der Waals surface area contributed by atoms with Crippen LogP contribution < -0.4 is 0 Å². The van der Waals surface area contributed by atoms with E-state index in [0.29, 0.717) is 0 Å². The van der Waals surface area contributed by atoms with Crippen LogP contribution in [0.3, 0.4) is 0 Å². The van der Waals surface area contributed by atoms with Gasteiger partial charge in [-0.2, -0.15) is 9.78 Å². The third-order valence-electron chi connectivity index (χ3n) is 7.33. The van der Waals surface area contributed by atoms with Crippen LogP contribution in [0.15, 0.2) is 0 Å². The Morgan fingerprint density at radius 3 is 1.32 bits per heavy atom. The molecule has 1 saturated carbocycles. The molecule has 4 nitrogen and oxygen atoms in total. The van der Waals surface area contributed by atoms with Gasteiger partial charge in [0.25, 0.3) is 0 Å². The van der Waals surface area contributed by atoms with E-state index < -0.39 is 5.79 Å². The summed E-state index contributed by atoms with van der Waals surface area (Å²) in [4.78, 5) is 25.1. The van der Waals surface area contributed by atoms with Crippen LogP contribution >= 0.6 is 0 Å². The van der Waals surface area contributed by atoms with E-state index in [1.807, 2.05) is 0 Å². The number of rotatable bonds is 14. The zero-order chi connectivity index (χ0) is 21.3. The molecule has 2 unspecified atom stereocenters. The van der Waals surface area contributed by atoms with Crippen LogP contribution in [-0.2, 0) is 19.6 Å². The highest BCUT2D eigenvalue weighted by Gasteiger charge is 2.51. The van der Waals surface area contributed by atoms with Crippen molar-refractivity contribution in [2.75, 3.05) is 0 Å². The SMILES string of the molecule is CCCC(CC)(CC)OOC1(OOC(CC)(CC)CCC)C(C)CCCC1C. The van der Waals surface area contributed by atoms with Crippen LogP contribution in [-0.4, -0.2) is 17.0 Å². The van der Waals surface area contributed by atoms with Crippen molar-refractivity contribution < 1.29 is 19.6 Å². The summed E-state index contributed by atoms with van der Waals surface area (Å²) in [7, 11) is 0. The summed E-state index contributed by atoms with van der Waals surface area (Å²) in [5.74, 6) is -0.403. The van der Waals surface area contributed by atoms with Crippen LogP contribution in [0.5, 0.6) is 0 Å². The van der Waals surface area contributed by atoms with Crippen molar-refractivity contribution in [3.8, 4) is 0 Å². The predicted octanol–water partition coefficient (Wildman–Crippen LogP) is 7.75. The van der Waals surface area contributed by atoms with Crippen molar-refractivity contribution in [3.05, 3.63) is 0 Å². The van der Waals surface area contributed by atoms with Crippen molar-refractivity contribution in [1.29, 1.82) is 0 Å². The fraction of sp³-hybridized carbons (Fsp3) is 1.00. The minimum atomic E-state index is -0.842. The van der Waals surface area contributed by atoms with Crippen LogP contribution in [0.1, 0.15) is 126 Å². The lowest BCUT2D eigenvalue weighted by Crippen LogP contribution is -2.53. The maximum atomic E-state index is 6.31. The first-order valence-electron chi connectivity index (χ1n) is 12.1. The van der Waals surface area contributed by atoms with Gasteiger partial charge in [0.05, 0.1) is 0 Å². The Balaban J connectivity index is 3.07. The fourth-order valence-corrected chi connectivity index (χ4v) is 4.71. The molecule has 0 amide bonds. The van der Waals surface area contributed by atoms with Crippen LogP contribution in [0.2, 0.25) is 0 Å². The highest BCUT2D eigenvalue weighted by atomic mass is 17.3. The summed E-state index contributed by atoms with van der Waals surface area (Å²) in [5, 5.41) is 0. The van der Waals surface area contributed by atoms with E-state index in [-0.39, 0.29) is 23.0 Å². The van der Waals surface area contributed by atoms with Crippen molar-refractivity contribution in [1.82, 2.24) is 0 Å². The second kappa shape index (κ2) is 11.9. The molecule has 0 aromatic heterocycles. The summed E-state index contributed by atoms with van der Waals surface area (Å²) < 4.78 is 0. The molecule has 0 saturated heterocycles. The number of hydrogen-bond acceptors (Lipinski definition) is 4. The second-order valence-electron chi connectivity index (χ2n) is 9.07. The zero-order valence-corrected chi connectivity index (χ0v) is 20.1. The Kier molecular flexibility index (Phi) is 11.0. The Bertz CT molecular complexity index is 377. The maximum absolute atomic E-state index is 6.31. The molecule has 1 aliphatic rings. The van der Waals surface area contributed by atoms with Crippen molar-refractivity contribution in [2.24, 2.45) is 11.8 Å². The van der Waals surface area contributed by atoms with Crippen LogP contribution in [0.4, 0.5) is 0 Å². The molecular formula is C24H48O4. The molecule has 0 aromatic rings. The molecule has 1 aliphatic carbocycles. The molecule has 4 heteroatoms. The molecule has 168 valence electrons. The Hall–Kier alpha value is -0.160. The van der Waals surface area contributed by atoms with E-state index in [0.717, 1.165) is 64.2 Å². The lowest BCUT2D eigenvalue weighted by molar-refractivity contribution is -0.571. The smallest absolute Gasteiger partial charge is 0.227 e. The molecule has 0 aromatic carbocycles. The summed E-state index contributed by atoms with van der Waals surface area (Å²) in [5.41, 5.74) is -0.504. The molecule has 28 heavy (non-hydrogen) atoms. The predicted molar refractivity (Wildman–Crippen MR) is 116 cm³/mol. The maximum Gasteiger partial charge on any atom is 0.238 e. The van der Waals surface area contributed by atoms with Gasteiger partial charge >= 0.3 is 0 Å². The Morgan fingerprint density at radius 1 is 0.679 bits per heavy atom. The Morgan fingerprint density at radius 2 is 1.04 bits per heavy atom. The molecular weight excluding hydrogens is 352 g/mol. The summed E-state index contributed by atoms with van der Waals surface area (Å²) in [6.07, 6.45) is 11.2. The summed E-state index contributed by atoms with van der Waals surface area (Å²) in [6.45, 7) is 17.5. The summed E-state index contributed by atoms with van der Waals surface area (Å²) in [6, 6.07) is 0. The minimum absolute atomic E-state index is 0.220. The highest BCUT2D eigenvalue weighted by Crippen LogP contribution is 2.45. The van der Waals surface area contributed by atoms with E-state index in [4.69, 9.17) is 19.6 Å². The molecule has 0 spiro atoms. The summed E-state index contributed by atoms with van der Waals surface area (Å²) >= 11 is 0. The third-order valence-corrected chi connectivity index (χ3v) is 7.33. The van der Waals surface area contributed by atoms with E-state index in [1.54, 1.807) is 0 Å². The standard InChI is InChI=1S/C24H48O4/c1-9-18-22(11-3,12-4)25-27-24(20(7)16-15-17-21(24)8)28-26-23(13-5,14-6)19-10-2/h20-21H,9-19H2,1-8H3. The second-order valence-corrected chi connectivity index (χ2v) is 9.07. The van der Waals surface area contributed by atoms with E-state index in [2.05, 4.69) is 55.4 Å². The first-order valence-corrected chi connectivity index (χ1v) is 12.1. The number of hydrogen-bond donors (Lipinski definition) is 0. The third kappa shape index (κ3) is 5.93. The molecule has 0 heterocycles. The Labute approximate surface area is 174 Å². The van der Waals surface area contributed by atoms with E-state index >= 15 is 0 Å². The van der Waals surface area contributed by atoms with Gasteiger partial charge in [-0.05, 0) is 51.4 Å². The van der Waals surface area contributed by atoms with Crippen LogP contribution in [0, 0.1) is 11.8 Å². The molecule has 0 radical (unpaired) electrons. The highest BCUT2D eigenvalue weighted by molar-refractivity contribution is 4.87. The van der Waals surface area contributed by atoms with Gasteiger partial charge in [-0.3, -0.25) is 0 Å². The first-order chi connectivity index (χ1) is 13.3. The largest absolute Gasteiger partial charge is 0.238 e. The van der Waals surface area contributed by atoms with E-state index in [9.17, 15) is 0 Å².